The number of para-hydroxylation sites is 1. The highest BCUT2D eigenvalue weighted by Crippen LogP contribution is 2.25. The fraction of sp³-hybridized carbons (Fsp3) is 0.235. The largest absolute Gasteiger partial charge is 0.346 e. The highest BCUT2D eigenvalue weighted by atomic mass is 16.2. The molecular weight excluding hydrogens is 278 g/mol. The maximum absolute atomic E-state index is 12.4. The van der Waals surface area contributed by atoms with Gasteiger partial charge in [0.25, 0.3) is 5.91 Å². The number of hydrogen-bond acceptors (Lipinski definition) is 3. The summed E-state index contributed by atoms with van der Waals surface area (Å²) in [4.78, 5) is 30.2. The van der Waals surface area contributed by atoms with Crippen LogP contribution in [0.1, 0.15) is 28.9 Å². The zero-order valence-electron chi connectivity index (χ0n) is 12.2. The van der Waals surface area contributed by atoms with E-state index >= 15 is 0 Å². The molecule has 0 atom stereocenters. The van der Waals surface area contributed by atoms with E-state index in [0.29, 0.717) is 30.8 Å². The molecule has 1 aromatic heterocycles. The second kappa shape index (κ2) is 6.39. The smallest absolute Gasteiger partial charge is 0.253 e. The molecule has 1 fully saturated rings. The molecule has 3 rings (SSSR count). The number of aromatic nitrogens is 1. The number of amides is 2. The molecule has 1 N–H and O–H groups in total. The predicted molar refractivity (Wildman–Crippen MR) is 83.4 cm³/mol. The van der Waals surface area contributed by atoms with Gasteiger partial charge in [-0.2, -0.15) is 0 Å². The Morgan fingerprint density at radius 2 is 2.00 bits per heavy atom. The van der Waals surface area contributed by atoms with Gasteiger partial charge in [0.15, 0.2) is 0 Å². The summed E-state index contributed by atoms with van der Waals surface area (Å²) in [6.07, 6.45) is 3.07. The summed E-state index contributed by atoms with van der Waals surface area (Å²) in [7, 11) is 0. The average molecular weight is 295 g/mol. The molecule has 5 nitrogen and oxygen atoms in total. The van der Waals surface area contributed by atoms with Crippen molar-refractivity contribution in [2.45, 2.75) is 19.4 Å². The monoisotopic (exact) mass is 295 g/mol. The van der Waals surface area contributed by atoms with Crippen LogP contribution >= 0.6 is 0 Å². The number of anilines is 1. The molecular formula is C17H17N3O2. The minimum atomic E-state index is -0.194. The summed E-state index contributed by atoms with van der Waals surface area (Å²) in [5, 5.41) is 2.85. The lowest BCUT2D eigenvalue weighted by Crippen LogP contribution is -2.29. The Balaban J connectivity index is 1.76. The van der Waals surface area contributed by atoms with Gasteiger partial charge >= 0.3 is 0 Å². The third-order valence-electron chi connectivity index (χ3n) is 3.67. The molecule has 0 saturated carbocycles. The van der Waals surface area contributed by atoms with Crippen LogP contribution in [0.2, 0.25) is 0 Å². The van der Waals surface area contributed by atoms with Crippen molar-refractivity contribution in [2.75, 3.05) is 11.4 Å². The van der Waals surface area contributed by atoms with Crippen LogP contribution in [-0.4, -0.2) is 23.3 Å². The zero-order chi connectivity index (χ0) is 15.4. The molecule has 5 heteroatoms. The summed E-state index contributed by atoms with van der Waals surface area (Å²) in [5.74, 6) is -0.120. The highest BCUT2D eigenvalue weighted by molar-refractivity contribution is 6.05. The number of nitrogens with one attached hydrogen (secondary N) is 1. The van der Waals surface area contributed by atoms with Crippen molar-refractivity contribution >= 4 is 17.5 Å². The van der Waals surface area contributed by atoms with Crippen molar-refractivity contribution in [3.63, 3.8) is 0 Å². The van der Waals surface area contributed by atoms with E-state index in [1.807, 2.05) is 30.3 Å². The van der Waals surface area contributed by atoms with Crippen molar-refractivity contribution in [1.29, 1.82) is 0 Å². The topological polar surface area (TPSA) is 62.3 Å². The number of carbonyl (C=O) groups excluding carboxylic acids is 2. The second-order valence-corrected chi connectivity index (χ2v) is 5.17. The van der Waals surface area contributed by atoms with Gasteiger partial charge in [0.05, 0.1) is 23.5 Å². The van der Waals surface area contributed by atoms with E-state index in [1.165, 1.54) is 0 Å². The summed E-state index contributed by atoms with van der Waals surface area (Å²) < 4.78 is 0. The van der Waals surface area contributed by atoms with E-state index in [9.17, 15) is 9.59 Å². The molecule has 1 aliphatic rings. The van der Waals surface area contributed by atoms with Crippen LogP contribution < -0.4 is 10.2 Å². The lowest BCUT2D eigenvalue weighted by molar-refractivity contribution is -0.117. The SMILES string of the molecule is O=C(NCc1ccccn1)c1ccccc1N1CCCC1=O. The van der Waals surface area contributed by atoms with E-state index in [2.05, 4.69) is 10.3 Å². The first-order valence-corrected chi connectivity index (χ1v) is 7.33. The predicted octanol–water partition coefficient (Wildman–Crippen LogP) is 2.14. The molecule has 0 bridgehead atoms. The Bertz CT molecular complexity index is 685. The Labute approximate surface area is 129 Å². The molecule has 1 aliphatic heterocycles. The number of carbonyl (C=O) groups is 2. The molecule has 0 radical (unpaired) electrons. The molecule has 1 aromatic carbocycles. The van der Waals surface area contributed by atoms with Crippen molar-refractivity contribution in [3.05, 3.63) is 59.9 Å². The summed E-state index contributed by atoms with van der Waals surface area (Å²) >= 11 is 0. The van der Waals surface area contributed by atoms with Crippen molar-refractivity contribution in [3.8, 4) is 0 Å². The third-order valence-corrected chi connectivity index (χ3v) is 3.67. The molecule has 22 heavy (non-hydrogen) atoms. The minimum Gasteiger partial charge on any atom is -0.346 e. The van der Waals surface area contributed by atoms with Gasteiger partial charge in [-0.05, 0) is 30.7 Å². The van der Waals surface area contributed by atoms with Crippen molar-refractivity contribution in [2.24, 2.45) is 0 Å². The summed E-state index contributed by atoms with van der Waals surface area (Å²) in [6.45, 7) is 1.03. The maximum Gasteiger partial charge on any atom is 0.253 e. The number of pyridine rings is 1. The molecule has 0 spiro atoms. The van der Waals surface area contributed by atoms with Crippen LogP contribution in [0.4, 0.5) is 5.69 Å². The normalized spacial score (nSPS) is 14.2. The first-order valence-electron chi connectivity index (χ1n) is 7.33. The Hall–Kier alpha value is -2.69. The first-order chi connectivity index (χ1) is 10.8. The highest BCUT2D eigenvalue weighted by Gasteiger charge is 2.25. The van der Waals surface area contributed by atoms with Crippen molar-refractivity contribution in [1.82, 2.24) is 10.3 Å². The number of rotatable bonds is 4. The molecule has 112 valence electrons. The zero-order valence-corrected chi connectivity index (χ0v) is 12.2. The van der Waals surface area contributed by atoms with Crippen LogP contribution in [0.25, 0.3) is 0 Å². The van der Waals surface area contributed by atoms with E-state index in [-0.39, 0.29) is 11.8 Å². The van der Waals surface area contributed by atoms with Gasteiger partial charge in [0.1, 0.15) is 0 Å². The van der Waals surface area contributed by atoms with Crippen LogP contribution in [0, 0.1) is 0 Å². The molecule has 0 unspecified atom stereocenters. The lowest BCUT2D eigenvalue weighted by Gasteiger charge is -2.19. The van der Waals surface area contributed by atoms with E-state index in [1.54, 1.807) is 23.2 Å². The van der Waals surface area contributed by atoms with E-state index < -0.39 is 0 Å². The lowest BCUT2D eigenvalue weighted by atomic mass is 10.1. The third kappa shape index (κ3) is 2.98. The Morgan fingerprint density at radius 1 is 1.18 bits per heavy atom. The molecule has 2 aromatic rings. The minimum absolute atomic E-state index is 0.0741. The average Bonchev–Trinajstić information content (AvgIpc) is 2.99. The summed E-state index contributed by atoms with van der Waals surface area (Å²) in [6, 6.07) is 12.8. The summed E-state index contributed by atoms with van der Waals surface area (Å²) in [5.41, 5.74) is 2.00. The first kappa shape index (κ1) is 14.3. The quantitative estimate of drug-likeness (QED) is 0.940. The van der Waals surface area contributed by atoms with Gasteiger partial charge in [-0.15, -0.1) is 0 Å². The van der Waals surface area contributed by atoms with Gasteiger partial charge in [-0.3, -0.25) is 14.6 Å². The van der Waals surface area contributed by atoms with Crippen LogP contribution in [0.3, 0.4) is 0 Å². The Kier molecular flexibility index (Phi) is 4.14. The molecule has 2 heterocycles. The fourth-order valence-corrected chi connectivity index (χ4v) is 2.57. The van der Waals surface area contributed by atoms with Gasteiger partial charge in [-0.1, -0.05) is 18.2 Å². The molecule has 2 amide bonds. The standard InChI is InChI=1S/C17H17N3O2/c21-16-9-5-11-20(16)15-8-2-1-7-14(15)17(22)19-12-13-6-3-4-10-18-13/h1-4,6-8,10H,5,9,11-12H2,(H,19,22). The van der Waals surface area contributed by atoms with E-state index in [4.69, 9.17) is 0 Å². The number of hydrogen-bond donors (Lipinski definition) is 1. The van der Waals surface area contributed by atoms with Gasteiger partial charge in [-0.25, -0.2) is 0 Å². The number of nitrogens with zero attached hydrogens (tertiary/aromatic N) is 2. The van der Waals surface area contributed by atoms with Gasteiger partial charge < -0.3 is 10.2 Å². The van der Waals surface area contributed by atoms with Crippen LogP contribution in [-0.2, 0) is 11.3 Å². The van der Waals surface area contributed by atoms with E-state index in [0.717, 1.165) is 12.1 Å². The number of benzene rings is 1. The van der Waals surface area contributed by atoms with Crippen LogP contribution in [0.15, 0.2) is 48.7 Å². The van der Waals surface area contributed by atoms with Gasteiger partial charge in [0.2, 0.25) is 5.91 Å². The maximum atomic E-state index is 12.4. The molecule has 0 aliphatic carbocycles. The van der Waals surface area contributed by atoms with Crippen LogP contribution in [0.5, 0.6) is 0 Å². The Morgan fingerprint density at radius 3 is 2.73 bits per heavy atom. The molecule has 1 saturated heterocycles. The second-order valence-electron chi connectivity index (χ2n) is 5.17. The van der Waals surface area contributed by atoms with Crippen molar-refractivity contribution < 1.29 is 9.59 Å². The van der Waals surface area contributed by atoms with Gasteiger partial charge in [0, 0.05) is 19.2 Å². The fourth-order valence-electron chi connectivity index (χ4n) is 2.57.